The van der Waals surface area contributed by atoms with Crippen LogP contribution in [0.3, 0.4) is 0 Å². The van der Waals surface area contributed by atoms with Crippen molar-refractivity contribution in [3.63, 3.8) is 0 Å². The first kappa shape index (κ1) is 14.3. The second-order valence-corrected chi connectivity index (χ2v) is 4.35. The predicted molar refractivity (Wildman–Crippen MR) is 66.0 cm³/mol. The van der Waals surface area contributed by atoms with Gasteiger partial charge in [0.1, 0.15) is 5.84 Å². The van der Waals surface area contributed by atoms with Gasteiger partial charge in [-0.3, -0.25) is 5.41 Å². The maximum absolute atomic E-state index is 12.9. The Morgan fingerprint density at radius 2 is 1.89 bits per heavy atom. The molecule has 0 heterocycles. The van der Waals surface area contributed by atoms with Crippen LogP contribution in [0.2, 0.25) is 0 Å². The number of hydrogen-bond donors (Lipinski definition) is 2. The van der Waals surface area contributed by atoms with Crippen molar-refractivity contribution in [1.82, 2.24) is 0 Å². The van der Waals surface area contributed by atoms with E-state index in [1.54, 1.807) is 11.9 Å². The Kier molecular flexibility index (Phi) is 3.88. The third kappa shape index (κ3) is 2.94. The van der Waals surface area contributed by atoms with Crippen LogP contribution in [0.1, 0.15) is 25.0 Å². The molecule has 0 fully saturated rings. The molecule has 1 aromatic carbocycles. The Hall–Kier alpha value is -1.72. The average Bonchev–Trinajstić information content (AvgIpc) is 2.25. The van der Waals surface area contributed by atoms with Gasteiger partial charge >= 0.3 is 6.18 Å². The Labute approximate surface area is 104 Å². The lowest BCUT2D eigenvalue weighted by atomic mass is 10.0. The molecule has 0 aliphatic rings. The Bertz CT molecular complexity index is 452. The summed E-state index contributed by atoms with van der Waals surface area (Å²) in [5, 5.41) is 7.18. The van der Waals surface area contributed by atoms with Gasteiger partial charge < -0.3 is 10.6 Å². The largest absolute Gasteiger partial charge is 0.417 e. The lowest BCUT2D eigenvalue weighted by Crippen LogP contribution is -2.27. The van der Waals surface area contributed by atoms with Gasteiger partial charge in [-0.25, -0.2) is 0 Å². The number of benzene rings is 1. The summed E-state index contributed by atoms with van der Waals surface area (Å²) in [4.78, 5) is 1.72. The van der Waals surface area contributed by atoms with Crippen LogP contribution >= 0.6 is 0 Å². The van der Waals surface area contributed by atoms with Crippen LogP contribution in [-0.4, -0.2) is 18.9 Å². The number of nitrogens with zero attached hydrogens (tertiary/aromatic N) is 1. The van der Waals surface area contributed by atoms with Crippen molar-refractivity contribution in [2.45, 2.75) is 26.1 Å². The van der Waals surface area contributed by atoms with Crippen molar-refractivity contribution >= 4 is 11.5 Å². The van der Waals surface area contributed by atoms with Gasteiger partial charge in [0, 0.05) is 24.3 Å². The maximum atomic E-state index is 12.9. The number of amidine groups is 1. The minimum atomic E-state index is -4.52. The SMILES string of the molecule is CC(C)N(C)c1ccc(C(=N)N)c(C(F)(F)F)c1. The van der Waals surface area contributed by atoms with Gasteiger partial charge in [0.2, 0.25) is 0 Å². The van der Waals surface area contributed by atoms with E-state index in [-0.39, 0.29) is 11.6 Å². The molecule has 0 saturated heterocycles. The number of nitrogens with two attached hydrogens (primary N) is 1. The van der Waals surface area contributed by atoms with Gasteiger partial charge in [0.05, 0.1) is 5.56 Å². The van der Waals surface area contributed by atoms with E-state index in [0.29, 0.717) is 5.69 Å². The average molecular weight is 259 g/mol. The molecule has 0 aromatic heterocycles. The minimum absolute atomic E-state index is 0.0780. The highest BCUT2D eigenvalue weighted by Crippen LogP contribution is 2.34. The molecule has 3 N–H and O–H groups in total. The van der Waals surface area contributed by atoms with Gasteiger partial charge in [0.15, 0.2) is 0 Å². The second-order valence-electron chi connectivity index (χ2n) is 4.35. The molecule has 0 spiro atoms. The fraction of sp³-hybridized carbons (Fsp3) is 0.417. The molecule has 0 aliphatic carbocycles. The zero-order chi connectivity index (χ0) is 14.1. The van der Waals surface area contributed by atoms with Crippen molar-refractivity contribution in [2.24, 2.45) is 5.73 Å². The summed E-state index contributed by atoms with van der Waals surface area (Å²) < 4.78 is 38.6. The molecule has 0 atom stereocenters. The summed E-state index contributed by atoms with van der Waals surface area (Å²) in [6, 6.07) is 3.87. The molecule has 100 valence electrons. The molecule has 6 heteroatoms. The monoisotopic (exact) mass is 259 g/mol. The molecular weight excluding hydrogens is 243 g/mol. The Morgan fingerprint density at radius 1 is 1.33 bits per heavy atom. The van der Waals surface area contributed by atoms with Gasteiger partial charge in [-0.05, 0) is 32.0 Å². The molecule has 1 rings (SSSR count). The topological polar surface area (TPSA) is 53.1 Å². The number of alkyl halides is 3. The first-order valence-electron chi connectivity index (χ1n) is 5.43. The zero-order valence-corrected chi connectivity index (χ0v) is 10.5. The summed E-state index contributed by atoms with van der Waals surface area (Å²) in [5.41, 5.74) is 4.45. The number of halogens is 3. The van der Waals surface area contributed by atoms with E-state index >= 15 is 0 Å². The first-order chi connectivity index (χ1) is 8.14. The van der Waals surface area contributed by atoms with E-state index in [1.165, 1.54) is 12.1 Å². The summed E-state index contributed by atoms with van der Waals surface area (Å²) in [5.74, 6) is -0.582. The Balaban J connectivity index is 3.35. The maximum Gasteiger partial charge on any atom is 0.417 e. The number of rotatable bonds is 3. The molecule has 0 radical (unpaired) electrons. The number of hydrogen-bond acceptors (Lipinski definition) is 2. The molecule has 0 saturated carbocycles. The van der Waals surface area contributed by atoms with E-state index in [4.69, 9.17) is 11.1 Å². The van der Waals surface area contributed by atoms with E-state index in [9.17, 15) is 13.2 Å². The summed E-state index contributed by atoms with van der Waals surface area (Å²) in [7, 11) is 1.72. The highest BCUT2D eigenvalue weighted by molar-refractivity contribution is 5.97. The van der Waals surface area contributed by atoms with Crippen molar-refractivity contribution in [3.8, 4) is 0 Å². The number of nitrogens with one attached hydrogen (secondary N) is 1. The van der Waals surface area contributed by atoms with Crippen LogP contribution in [0.5, 0.6) is 0 Å². The minimum Gasteiger partial charge on any atom is -0.384 e. The molecule has 3 nitrogen and oxygen atoms in total. The van der Waals surface area contributed by atoms with Gasteiger partial charge in [-0.1, -0.05) is 0 Å². The standard InChI is InChI=1S/C12H16F3N3/c1-7(2)18(3)8-4-5-9(11(16)17)10(6-8)12(13,14)15/h4-7H,1-3H3,(H3,16,17). The van der Waals surface area contributed by atoms with E-state index in [2.05, 4.69) is 0 Å². The quantitative estimate of drug-likeness (QED) is 0.647. The van der Waals surface area contributed by atoms with Crippen LogP contribution in [-0.2, 0) is 6.18 Å². The number of anilines is 1. The first-order valence-corrected chi connectivity index (χ1v) is 5.43. The van der Waals surface area contributed by atoms with Crippen LogP contribution in [0.4, 0.5) is 18.9 Å². The van der Waals surface area contributed by atoms with Crippen molar-refractivity contribution in [1.29, 1.82) is 5.41 Å². The summed E-state index contributed by atoms with van der Waals surface area (Å²) in [6.45, 7) is 3.76. The molecular formula is C12H16F3N3. The van der Waals surface area contributed by atoms with Crippen molar-refractivity contribution in [3.05, 3.63) is 29.3 Å². The number of nitrogen functional groups attached to an aromatic ring is 1. The molecule has 0 bridgehead atoms. The zero-order valence-electron chi connectivity index (χ0n) is 10.5. The molecule has 1 aromatic rings. The molecule has 0 aliphatic heterocycles. The van der Waals surface area contributed by atoms with Crippen LogP contribution in [0, 0.1) is 5.41 Å². The lowest BCUT2D eigenvalue weighted by molar-refractivity contribution is -0.137. The van der Waals surface area contributed by atoms with Gasteiger partial charge in [-0.15, -0.1) is 0 Å². The fourth-order valence-corrected chi connectivity index (χ4v) is 1.52. The van der Waals surface area contributed by atoms with Crippen molar-refractivity contribution < 1.29 is 13.2 Å². The van der Waals surface area contributed by atoms with Crippen LogP contribution < -0.4 is 10.6 Å². The molecule has 18 heavy (non-hydrogen) atoms. The third-order valence-corrected chi connectivity index (χ3v) is 2.78. The highest BCUT2D eigenvalue weighted by Gasteiger charge is 2.34. The second kappa shape index (κ2) is 4.88. The fourth-order valence-electron chi connectivity index (χ4n) is 1.52. The summed E-state index contributed by atoms with van der Waals surface area (Å²) >= 11 is 0. The normalized spacial score (nSPS) is 11.7. The van der Waals surface area contributed by atoms with E-state index in [0.717, 1.165) is 6.07 Å². The van der Waals surface area contributed by atoms with Crippen LogP contribution in [0.25, 0.3) is 0 Å². The smallest absolute Gasteiger partial charge is 0.384 e. The highest BCUT2D eigenvalue weighted by atomic mass is 19.4. The van der Waals surface area contributed by atoms with E-state index in [1.807, 2.05) is 13.8 Å². The predicted octanol–water partition coefficient (Wildman–Crippen LogP) is 2.83. The van der Waals surface area contributed by atoms with E-state index < -0.39 is 17.6 Å². The molecule has 0 amide bonds. The Morgan fingerprint density at radius 3 is 2.28 bits per heavy atom. The lowest BCUT2D eigenvalue weighted by Gasteiger charge is -2.25. The van der Waals surface area contributed by atoms with Gasteiger partial charge in [-0.2, -0.15) is 13.2 Å². The van der Waals surface area contributed by atoms with Crippen LogP contribution in [0.15, 0.2) is 18.2 Å². The van der Waals surface area contributed by atoms with Gasteiger partial charge in [0.25, 0.3) is 0 Å². The third-order valence-electron chi connectivity index (χ3n) is 2.78. The van der Waals surface area contributed by atoms with Crippen molar-refractivity contribution in [2.75, 3.05) is 11.9 Å². The molecule has 0 unspecified atom stereocenters. The summed E-state index contributed by atoms with van der Waals surface area (Å²) in [6.07, 6.45) is -4.52.